The second-order valence-electron chi connectivity index (χ2n) is 6.01. The van der Waals surface area contributed by atoms with Crippen LogP contribution in [0.2, 0.25) is 0 Å². The van der Waals surface area contributed by atoms with Crippen molar-refractivity contribution in [2.75, 3.05) is 6.54 Å². The molecule has 0 unspecified atom stereocenters. The Morgan fingerprint density at radius 2 is 1.95 bits per heavy atom. The van der Waals surface area contributed by atoms with Crippen LogP contribution in [0.15, 0.2) is 40.9 Å². The van der Waals surface area contributed by atoms with E-state index in [0.717, 1.165) is 12.0 Å². The van der Waals surface area contributed by atoms with Crippen molar-refractivity contribution in [2.24, 2.45) is 5.41 Å². The monoisotopic (exact) mass is 272 g/mol. The van der Waals surface area contributed by atoms with E-state index in [9.17, 15) is 4.79 Å². The molecule has 1 heterocycles. The Bertz CT molecular complexity index is 568. The third kappa shape index (κ3) is 3.95. The highest BCUT2D eigenvalue weighted by atomic mass is 16.5. The molecule has 0 saturated heterocycles. The second-order valence-corrected chi connectivity index (χ2v) is 6.01. The van der Waals surface area contributed by atoms with Crippen molar-refractivity contribution in [3.63, 3.8) is 0 Å². The lowest BCUT2D eigenvalue weighted by Gasteiger charge is -2.17. The Morgan fingerprint density at radius 3 is 2.60 bits per heavy atom. The first-order valence-electron chi connectivity index (χ1n) is 6.76. The maximum absolute atomic E-state index is 11.9. The maximum atomic E-state index is 11.9. The average molecular weight is 272 g/mol. The predicted molar refractivity (Wildman–Crippen MR) is 78.3 cm³/mol. The van der Waals surface area contributed by atoms with Crippen LogP contribution < -0.4 is 5.32 Å². The summed E-state index contributed by atoms with van der Waals surface area (Å²) in [6.45, 7) is 7.06. The zero-order valence-electron chi connectivity index (χ0n) is 12.1. The van der Waals surface area contributed by atoms with E-state index in [-0.39, 0.29) is 11.3 Å². The van der Waals surface area contributed by atoms with E-state index in [1.807, 2.05) is 30.3 Å². The Hall–Kier alpha value is -2.10. The summed E-state index contributed by atoms with van der Waals surface area (Å²) < 4.78 is 5.21. The molecule has 0 saturated carbocycles. The first-order chi connectivity index (χ1) is 9.46. The molecule has 0 atom stereocenters. The maximum Gasteiger partial charge on any atom is 0.273 e. The molecule has 0 aliphatic rings. The van der Waals surface area contributed by atoms with Crippen LogP contribution in [-0.4, -0.2) is 17.6 Å². The van der Waals surface area contributed by atoms with Gasteiger partial charge in [0, 0.05) is 18.2 Å². The summed E-state index contributed by atoms with van der Waals surface area (Å²) >= 11 is 0. The van der Waals surface area contributed by atoms with Crippen LogP contribution in [0.4, 0.5) is 0 Å². The van der Waals surface area contributed by atoms with Crippen molar-refractivity contribution in [2.45, 2.75) is 27.2 Å². The highest BCUT2D eigenvalue weighted by Gasteiger charge is 2.15. The molecular formula is C16H20N2O2. The molecule has 1 amide bonds. The normalized spacial score (nSPS) is 11.3. The van der Waals surface area contributed by atoms with Crippen molar-refractivity contribution < 1.29 is 9.32 Å². The van der Waals surface area contributed by atoms with E-state index in [4.69, 9.17) is 4.52 Å². The van der Waals surface area contributed by atoms with E-state index in [1.165, 1.54) is 0 Å². The Balaban J connectivity index is 1.97. The molecule has 0 bridgehead atoms. The van der Waals surface area contributed by atoms with E-state index < -0.39 is 0 Å². The lowest BCUT2D eigenvalue weighted by atomic mass is 9.92. The van der Waals surface area contributed by atoms with E-state index in [0.29, 0.717) is 18.0 Å². The molecule has 0 aliphatic carbocycles. The van der Waals surface area contributed by atoms with Gasteiger partial charge in [0.15, 0.2) is 11.5 Å². The zero-order valence-corrected chi connectivity index (χ0v) is 12.1. The summed E-state index contributed by atoms with van der Waals surface area (Å²) in [5, 5.41) is 6.68. The molecule has 4 heteroatoms. The average Bonchev–Trinajstić information content (AvgIpc) is 2.88. The predicted octanol–water partition coefficient (Wildman–Crippen LogP) is 3.51. The molecule has 4 nitrogen and oxygen atoms in total. The minimum Gasteiger partial charge on any atom is -0.355 e. The number of benzene rings is 1. The molecule has 1 N–H and O–H groups in total. The minimum atomic E-state index is -0.194. The molecule has 2 aromatic rings. The van der Waals surface area contributed by atoms with Gasteiger partial charge in [-0.1, -0.05) is 56.3 Å². The van der Waals surface area contributed by atoms with Gasteiger partial charge in [0.2, 0.25) is 0 Å². The highest BCUT2D eigenvalue weighted by molar-refractivity contribution is 5.93. The van der Waals surface area contributed by atoms with Gasteiger partial charge in [0.25, 0.3) is 5.91 Å². The fraction of sp³-hybridized carbons (Fsp3) is 0.375. The number of carbonyl (C=O) groups is 1. The number of nitrogens with one attached hydrogen (secondary N) is 1. The number of aromatic nitrogens is 1. The van der Waals surface area contributed by atoms with Crippen molar-refractivity contribution in [1.29, 1.82) is 0 Å². The lowest BCUT2D eigenvalue weighted by Crippen LogP contribution is -2.27. The van der Waals surface area contributed by atoms with Crippen LogP contribution in [0.1, 0.15) is 37.7 Å². The summed E-state index contributed by atoms with van der Waals surface area (Å²) in [4.78, 5) is 11.9. The van der Waals surface area contributed by atoms with Gasteiger partial charge < -0.3 is 9.84 Å². The zero-order chi connectivity index (χ0) is 14.6. The summed E-state index contributed by atoms with van der Waals surface area (Å²) in [7, 11) is 0. The molecule has 0 radical (unpaired) electrons. The second kappa shape index (κ2) is 5.90. The van der Waals surface area contributed by atoms with E-state index in [2.05, 4.69) is 31.2 Å². The Kier molecular flexibility index (Phi) is 4.23. The van der Waals surface area contributed by atoms with Crippen molar-refractivity contribution >= 4 is 5.91 Å². The van der Waals surface area contributed by atoms with Gasteiger partial charge in [-0.05, 0) is 11.8 Å². The summed E-state index contributed by atoms with van der Waals surface area (Å²) in [6.07, 6.45) is 0.919. The minimum absolute atomic E-state index is 0.194. The Labute approximate surface area is 119 Å². The van der Waals surface area contributed by atoms with E-state index >= 15 is 0 Å². The van der Waals surface area contributed by atoms with Crippen molar-refractivity contribution in [3.05, 3.63) is 42.1 Å². The molecule has 0 aliphatic heterocycles. The summed E-state index contributed by atoms with van der Waals surface area (Å²) in [5.41, 5.74) is 1.43. The van der Waals surface area contributed by atoms with Crippen LogP contribution in [0, 0.1) is 5.41 Å². The fourth-order valence-electron chi connectivity index (χ4n) is 1.76. The lowest BCUT2D eigenvalue weighted by molar-refractivity contribution is 0.0940. The van der Waals surface area contributed by atoms with E-state index in [1.54, 1.807) is 6.07 Å². The van der Waals surface area contributed by atoms with Crippen LogP contribution in [0.3, 0.4) is 0 Å². The number of hydrogen-bond donors (Lipinski definition) is 1. The number of carbonyl (C=O) groups excluding carboxylic acids is 1. The van der Waals surface area contributed by atoms with Crippen LogP contribution in [0.25, 0.3) is 11.3 Å². The first kappa shape index (κ1) is 14.3. The van der Waals surface area contributed by atoms with Crippen LogP contribution >= 0.6 is 0 Å². The molecule has 0 fully saturated rings. The third-order valence-electron chi connectivity index (χ3n) is 2.96. The fourth-order valence-corrected chi connectivity index (χ4v) is 1.76. The number of nitrogens with zero attached hydrogens (tertiary/aromatic N) is 1. The highest BCUT2D eigenvalue weighted by Crippen LogP contribution is 2.20. The quantitative estimate of drug-likeness (QED) is 0.926. The molecule has 1 aromatic heterocycles. The summed E-state index contributed by atoms with van der Waals surface area (Å²) in [6, 6.07) is 11.3. The molecular weight excluding hydrogens is 252 g/mol. The SMILES string of the molecule is CC(C)(C)CCNC(=O)c1cc(-c2ccccc2)on1. The van der Waals surface area contributed by atoms with Crippen molar-refractivity contribution in [3.8, 4) is 11.3 Å². The largest absolute Gasteiger partial charge is 0.355 e. The molecule has 20 heavy (non-hydrogen) atoms. The molecule has 1 aromatic carbocycles. The topological polar surface area (TPSA) is 55.1 Å². The van der Waals surface area contributed by atoms with Gasteiger partial charge in [-0.25, -0.2) is 0 Å². The van der Waals surface area contributed by atoms with Gasteiger partial charge >= 0.3 is 0 Å². The van der Waals surface area contributed by atoms with Crippen LogP contribution in [0.5, 0.6) is 0 Å². The standard InChI is InChI=1S/C16H20N2O2/c1-16(2,3)9-10-17-15(19)13-11-14(20-18-13)12-7-5-4-6-8-12/h4-8,11H,9-10H2,1-3H3,(H,17,19). The number of amides is 1. The smallest absolute Gasteiger partial charge is 0.273 e. The number of rotatable bonds is 4. The molecule has 106 valence electrons. The van der Waals surface area contributed by atoms with Crippen LogP contribution in [-0.2, 0) is 0 Å². The first-order valence-corrected chi connectivity index (χ1v) is 6.76. The van der Waals surface area contributed by atoms with Gasteiger partial charge in [0.1, 0.15) is 0 Å². The van der Waals surface area contributed by atoms with Gasteiger partial charge in [0.05, 0.1) is 0 Å². The molecule has 0 spiro atoms. The number of hydrogen-bond acceptors (Lipinski definition) is 3. The van der Waals surface area contributed by atoms with Crippen molar-refractivity contribution in [1.82, 2.24) is 10.5 Å². The van der Waals surface area contributed by atoms with Gasteiger partial charge in [-0.2, -0.15) is 0 Å². The Morgan fingerprint density at radius 1 is 1.25 bits per heavy atom. The van der Waals surface area contributed by atoms with Gasteiger partial charge in [-0.3, -0.25) is 4.79 Å². The third-order valence-corrected chi connectivity index (χ3v) is 2.96. The van der Waals surface area contributed by atoms with Gasteiger partial charge in [-0.15, -0.1) is 0 Å². The summed E-state index contributed by atoms with van der Waals surface area (Å²) in [5.74, 6) is 0.409. The molecule has 2 rings (SSSR count).